The number of unbranched alkanes of at least 4 members (excludes halogenated alkanes) is 3. The molecule has 1 aromatic rings. The van der Waals surface area contributed by atoms with Gasteiger partial charge in [-0.2, -0.15) is 0 Å². The average molecular weight is 264 g/mol. The van der Waals surface area contributed by atoms with E-state index in [4.69, 9.17) is 0 Å². The lowest BCUT2D eigenvalue weighted by Crippen LogP contribution is -2.10. The SMILES string of the molecule is COC(=O)CCCCCCC(=O)Nc1ccncc1. The molecule has 1 heterocycles. The van der Waals surface area contributed by atoms with Crippen LogP contribution < -0.4 is 5.32 Å². The first kappa shape index (κ1) is 15.1. The number of ether oxygens (including phenoxy) is 1. The van der Waals surface area contributed by atoms with Crippen LogP contribution in [0.25, 0.3) is 0 Å². The molecule has 0 fully saturated rings. The average Bonchev–Trinajstić information content (AvgIpc) is 2.43. The monoisotopic (exact) mass is 264 g/mol. The molecule has 0 atom stereocenters. The van der Waals surface area contributed by atoms with E-state index in [1.54, 1.807) is 24.5 Å². The van der Waals surface area contributed by atoms with Gasteiger partial charge in [0, 0.05) is 30.9 Å². The van der Waals surface area contributed by atoms with E-state index in [2.05, 4.69) is 15.0 Å². The topological polar surface area (TPSA) is 68.3 Å². The van der Waals surface area contributed by atoms with E-state index in [1.165, 1.54) is 7.11 Å². The highest BCUT2D eigenvalue weighted by atomic mass is 16.5. The van der Waals surface area contributed by atoms with Crippen LogP contribution in [-0.2, 0) is 14.3 Å². The van der Waals surface area contributed by atoms with Crippen LogP contribution in [0.3, 0.4) is 0 Å². The Labute approximate surface area is 113 Å². The second-order valence-electron chi connectivity index (χ2n) is 4.27. The molecule has 0 aliphatic rings. The van der Waals surface area contributed by atoms with E-state index in [0.717, 1.165) is 31.4 Å². The predicted octanol–water partition coefficient (Wildman–Crippen LogP) is 2.53. The molecule has 0 unspecified atom stereocenters. The van der Waals surface area contributed by atoms with E-state index < -0.39 is 0 Å². The van der Waals surface area contributed by atoms with Crippen molar-refractivity contribution in [2.75, 3.05) is 12.4 Å². The van der Waals surface area contributed by atoms with Crippen molar-refractivity contribution in [1.82, 2.24) is 4.98 Å². The number of methoxy groups -OCH3 is 1. The summed E-state index contributed by atoms with van der Waals surface area (Å²) in [6.07, 6.45) is 7.78. The van der Waals surface area contributed by atoms with Crippen LogP contribution in [0, 0.1) is 0 Å². The van der Waals surface area contributed by atoms with E-state index in [0.29, 0.717) is 12.8 Å². The molecular weight excluding hydrogens is 244 g/mol. The van der Waals surface area contributed by atoms with Crippen LogP contribution in [0.2, 0.25) is 0 Å². The van der Waals surface area contributed by atoms with Crippen LogP contribution >= 0.6 is 0 Å². The van der Waals surface area contributed by atoms with Crippen LogP contribution in [0.4, 0.5) is 5.69 Å². The third kappa shape index (κ3) is 7.18. The molecular formula is C14H20N2O3. The fourth-order valence-electron chi connectivity index (χ4n) is 1.67. The molecule has 5 nitrogen and oxygen atoms in total. The molecule has 0 saturated carbocycles. The smallest absolute Gasteiger partial charge is 0.305 e. The molecule has 0 aliphatic carbocycles. The Bertz CT molecular complexity index is 393. The standard InChI is InChI=1S/C14H20N2O3/c1-19-14(18)7-5-3-2-4-6-13(17)16-12-8-10-15-11-9-12/h8-11H,2-7H2,1H3,(H,15,16,17). The van der Waals surface area contributed by atoms with E-state index >= 15 is 0 Å². The summed E-state index contributed by atoms with van der Waals surface area (Å²) in [6, 6.07) is 3.52. The number of hydrogen-bond acceptors (Lipinski definition) is 4. The quantitative estimate of drug-likeness (QED) is 0.578. The van der Waals surface area contributed by atoms with Crippen LogP contribution in [0.5, 0.6) is 0 Å². The molecule has 104 valence electrons. The highest BCUT2D eigenvalue weighted by Gasteiger charge is 2.03. The molecule has 1 N–H and O–H groups in total. The first-order valence-corrected chi connectivity index (χ1v) is 6.49. The summed E-state index contributed by atoms with van der Waals surface area (Å²) in [7, 11) is 1.39. The Morgan fingerprint density at radius 3 is 2.37 bits per heavy atom. The fourth-order valence-corrected chi connectivity index (χ4v) is 1.67. The molecule has 0 saturated heterocycles. The number of hydrogen-bond donors (Lipinski definition) is 1. The Balaban J connectivity index is 2.03. The van der Waals surface area contributed by atoms with Crippen LogP contribution in [-0.4, -0.2) is 24.0 Å². The van der Waals surface area contributed by atoms with Gasteiger partial charge in [0.1, 0.15) is 0 Å². The lowest BCUT2D eigenvalue weighted by atomic mass is 10.1. The summed E-state index contributed by atoms with van der Waals surface area (Å²) in [6.45, 7) is 0. The van der Waals surface area contributed by atoms with E-state index in [9.17, 15) is 9.59 Å². The zero-order valence-corrected chi connectivity index (χ0v) is 11.2. The summed E-state index contributed by atoms with van der Waals surface area (Å²) in [5, 5.41) is 2.81. The van der Waals surface area contributed by atoms with Crippen LogP contribution in [0.15, 0.2) is 24.5 Å². The minimum atomic E-state index is -0.171. The van der Waals surface area contributed by atoms with Crippen molar-refractivity contribution in [2.45, 2.75) is 38.5 Å². The fraction of sp³-hybridized carbons (Fsp3) is 0.500. The maximum absolute atomic E-state index is 11.6. The number of nitrogens with one attached hydrogen (secondary N) is 1. The third-order valence-corrected chi connectivity index (χ3v) is 2.73. The van der Waals surface area contributed by atoms with Crippen LogP contribution in [0.1, 0.15) is 38.5 Å². The third-order valence-electron chi connectivity index (χ3n) is 2.73. The molecule has 0 bridgehead atoms. The Kier molecular flexibility index (Phi) is 7.24. The summed E-state index contributed by atoms with van der Waals surface area (Å²) < 4.78 is 4.55. The van der Waals surface area contributed by atoms with Gasteiger partial charge in [-0.15, -0.1) is 0 Å². The first-order valence-electron chi connectivity index (χ1n) is 6.49. The number of nitrogens with zero attached hydrogens (tertiary/aromatic N) is 1. The van der Waals surface area contributed by atoms with Crippen molar-refractivity contribution in [3.63, 3.8) is 0 Å². The van der Waals surface area contributed by atoms with Gasteiger partial charge in [-0.3, -0.25) is 14.6 Å². The second kappa shape index (κ2) is 9.08. The Hall–Kier alpha value is -1.91. The normalized spacial score (nSPS) is 9.95. The van der Waals surface area contributed by atoms with Crippen molar-refractivity contribution in [3.8, 4) is 0 Å². The Morgan fingerprint density at radius 1 is 1.11 bits per heavy atom. The van der Waals surface area contributed by atoms with Gasteiger partial charge in [-0.1, -0.05) is 12.8 Å². The zero-order chi connectivity index (χ0) is 13.9. The molecule has 1 amide bonds. The molecule has 0 radical (unpaired) electrons. The molecule has 0 spiro atoms. The number of pyridine rings is 1. The van der Waals surface area contributed by atoms with Crippen molar-refractivity contribution < 1.29 is 14.3 Å². The first-order chi connectivity index (χ1) is 9.22. The number of amides is 1. The predicted molar refractivity (Wildman–Crippen MR) is 72.6 cm³/mol. The van der Waals surface area contributed by atoms with Gasteiger partial charge in [-0.25, -0.2) is 0 Å². The summed E-state index contributed by atoms with van der Waals surface area (Å²) >= 11 is 0. The molecule has 1 rings (SSSR count). The highest BCUT2D eigenvalue weighted by Crippen LogP contribution is 2.08. The molecule has 0 aromatic carbocycles. The molecule has 19 heavy (non-hydrogen) atoms. The van der Waals surface area contributed by atoms with E-state index in [1.807, 2.05) is 0 Å². The van der Waals surface area contributed by atoms with Gasteiger partial charge in [-0.05, 0) is 25.0 Å². The largest absolute Gasteiger partial charge is 0.469 e. The maximum Gasteiger partial charge on any atom is 0.305 e. The summed E-state index contributed by atoms with van der Waals surface area (Å²) in [4.78, 5) is 26.3. The van der Waals surface area contributed by atoms with Gasteiger partial charge in [0.05, 0.1) is 7.11 Å². The van der Waals surface area contributed by atoms with Crippen molar-refractivity contribution >= 4 is 17.6 Å². The summed E-state index contributed by atoms with van der Waals surface area (Å²) in [5.74, 6) is -0.158. The number of rotatable bonds is 8. The maximum atomic E-state index is 11.6. The molecule has 1 aromatic heterocycles. The van der Waals surface area contributed by atoms with Crippen molar-refractivity contribution in [3.05, 3.63) is 24.5 Å². The number of carbonyl (C=O) groups is 2. The van der Waals surface area contributed by atoms with Gasteiger partial charge in [0.25, 0.3) is 0 Å². The lowest BCUT2D eigenvalue weighted by molar-refractivity contribution is -0.140. The summed E-state index contributed by atoms with van der Waals surface area (Å²) in [5.41, 5.74) is 0.769. The van der Waals surface area contributed by atoms with Crippen molar-refractivity contribution in [2.24, 2.45) is 0 Å². The van der Waals surface area contributed by atoms with Gasteiger partial charge in [0.15, 0.2) is 0 Å². The zero-order valence-electron chi connectivity index (χ0n) is 11.2. The minimum absolute atomic E-state index is 0.0131. The number of carbonyl (C=O) groups excluding carboxylic acids is 2. The van der Waals surface area contributed by atoms with Gasteiger partial charge >= 0.3 is 5.97 Å². The lowest BCUT2D eigenvalue weighted by Gasteiger charge is -2.04. The highest BCUT2D eigenvalue weighted by molar-refractivity contribution is 5.90. The minimum Gasteiger partial charge on any atom is -0.469 e. The second-order valence-corrected chi connectivity index (χ2v) is 4.27. The van der Waals surface area contributed by atoms with Gasteiger partial charge in [0.2, 0.25) is 5.91 Å². The molecule has 5 heteroatoms. The van der Waals surface area contributed by atoms with Crippen molar-refractivity contribution in [1.29, 1.82) is 0 Å². The number of esters is 1. The Morgan fingerprint density at radius 2 is 1.74 bits per heavy atom. The number of aromatic nitrogens is 1. The molecule has 0 aliphatic heterocycles. The van der Waals surface area contributed by atoms with E-state index in [-0.39, 0.29) is 11.9 Å². The number of anilines is 1. The van der Waals surface area contributed by atoms with Gasteiger partial charge < -0.3 is 10.1 Å².